The summed E-state index contributed by atoms with van der Waals surface area (Å²) >= 11 is 0. The molecule has 3 rings (SSSR count). The molecule has 20 heavy (non-hydrogen) atoms. The molecule has 110 valence electrons. The van der Waals surface area contributed by atoms with E-state index in [1.165, 1.54) is 56.3 Å². The minimum Gasteiger partial charge on any atom is -0.313 e. The van der Waals surface area contributed by atoms with Gasteiger partial charge >= 0.3 is 0 Å². The second-order valence-electron chi connectivity index (χ2n) is 6.66. The van der Waals surface area contributed by atoms with E-state index in [4.69, 9.17) is 0 Å². The van der Waals surface area contributed by atoms with Crippen LogP contribution in [0.3, 0.4) is 0 Å². The van der Waals surface area contributed by atoms with Crippen LogP contribution < -0.4 is 5.32 Å². The lowest BCUT2D eigenvalue weighted by Gasteiger charge is -2.35. The summed E-state index contributed by atoms with van der Waals surface area (Å²) < 4.78 is 0. The maximum Gasteiger partial charge on any atom is 0.0323 e. The van der Waals surface area contributed by atoms with Crippen molar-refractivity contribution in [1.29, 1.82) is 0 Å². The Labute approximate surface area is 123 Å². The topological polar surface area (TPSA) is 15.3 Å². The molecule has 2 fully saturated rings. The van der Waals surface area contributed by atoms with Gasteiger partial charge in [-0.15, -0.1) is 0 Å². The van der Waals surface area contributed by atoms with E-state index in [2.05, 4.69) is 48.3 Å². The molecule has 2 unspecified atom stereocenters. The number of piperidine rings is 1. The number of hydrogen-bond donors (Lipinski definition) is 1. The highest BCUT2D eigenvalue weighted by Crippen LogP contribution is 2.35. The Morgan fingerprint density at radius 2 is 2.10 bits per heavy atom. The summed E-state index contributed by atoms with van der Waals surface area (Å²) in [6.45, 7) is 7.01. The van der Waals surface area contributed by atoms with Gasteiger partial charge in [-0.05, 0) is 51.6 Å². The SMILES string of the molecule is Cc1cccc(C(C)N(CC2CCCCN2)C2CC2)c1. The highest BCUT2D eigenvalue weighted by Gasteiger charge is 2.34. The van der Waals surface area contributed by atoms with Gasteiger partial charge in [0.2, 0.25) is 0 Å². The Balaban J connectivity index is 1.69. The molecule has 2 nitrogen and oxygen atoms in total. The molecule has 1 aliphatic heterocycles. The van der Waals surface area contributed by atoms with Crippen molar-refractivity contribution in [3.8, 4) is 0 Å². The third kappa shape index (κ3) is 3.42. The Bertz CT molecular complexity index is 433. The zero-order chi connectivity index (χ0) is 13.9. The molecule has 0 spiro atoms. The Morgan fingerprint density at radius 3 is 2.75 bits per heavy atom. The monoisotopic (exact) mass is 272 g/mol. The first-order valence-electron chi connectivity index (χ1n) is 8.30. The normalized spacial score (nSPS) is 24.9. The van der Waals surface area contributed by atoms with Crippen molar-refractivity contribution in [3.05, 3.63) is 35.4 Å². The van der Waals surface area contributed by atoms with Crippen LogP contribution in [-0.2, 0) is 0 Å². The molecular weight excluding hydrogens is 244 g/mol. The van der Waals surface area contributed by atoms with Crippen LogP contribution in [0.15, 0.2) is 24.3 Å². The second kappa shape index (κ2) is 6.28. The van der Waals surface area contributed by atoms with E-state index in [-0.39, 0.29) is 0 Å². The van der Waals surface area contributed by atoms with Crippen molar-refractivity contribution >= 4 is 0 Å². The molecule has 0 aromatic heterocycles. The summed E-state index contributed by atoms with van der Waals surface area (Å²) in [5.41, 5.74) is 2.86. The van der Waals surface area contributed by atoms with Crippen LogP contribution in [0.25, 0.3) is 0 Å². The summed E-state index contributed by atoms with van der Waals surface area (Å²) in [5.74, 6) is 0. The fourth-order valence-electron chi connectivity index (χ4n) is 3.49. The number of nitrogens with one attached hydrogen (secondary N) is 1. The van der Waals surface area contributed by atoms with Crippen molar-refractivity contribution in [3.63, 3.8) is 0 Å². The molecule has 2 heteroatoms. The molecule has 0 radical (unpaired) electrons. The van der Waals surface area contributed by atoms with E-state index in [9.17, 15) is 0 Å². The van der Waals surface area contributed by atoms with Crippen molar-refractivity contribution in [1.82, 2.24) is 10.2 Å². The van der Waals surface area contributed by atoms with Crippen LogP contribution >= 0.6 is 0 Å². The molecule has 1 saturated carbocycles. The fraction of sp³-hybridized carbons (Fsp3) is 0.667. The first-order valence-corrected chi connectivity index (χ1v) is 8.30. The van der Waals surface area contributed by atoms with Gasteiger partial charge in [0.15, 0.2) is 0 Å². The van der Waals surface area contributed by atoms with Gasteiger partial charge in [0, 0.05) is 24.7 Å². The van der Waals surface area contributed by atoms with Crippen LogP contribution in [0.2, 0.25) is 0 Å². The molecular formula is C18H28N2. The lowest BCUT2D eigenvalue weighted by molar-refractivity contribution is 0.167. The van der Waals surface area contributed by atoms with Gasteiger partial charge in [-0.25, -0.2) is 0 Å². The van der Waals surface area contributed by atoms with Gasteiger partial charge < -0.3 is 5.32 Å². The number of rotatable bonds is 5. The predicted molar refractivity (Wildman–Crippen MR) is 85.0 cm³/mol. The standard InChI is InChI=1S/C18H28N2/c1-14-6-5-7-16(12-14)15(2)20(18-9-10-18)13-17-8-3-4-11-19-17/h5-7,12,15,17-19H,3-4,8-11,13H2,1-2H3. The average Bonchev–Trinajstić information content (AvgIpc) is 3.30. The van der Waals surface area contributed by atoms with Crippen molar-refractivity contribution < 1.29 is 0 Å². The zero-order valence-electron chi connectivity index (χ0n) is 12.9. The van der Waals surface area contributed by atoms with E-state index in [0.717, 1.165) is 6.04 Å². The van der Waals surface area contributed by atoms with Crippen molar-refractivity contribution in [2.75, 3.05) is 13.1 Å². The van der Waals surface area contributed by atoms with Crippen molar-refractivity contribution in [2.45, 2.75) is 64.1 Å². The number of aryl methyl sites for hydroxylation is 1. The molecule has 2 atom stereocenters. The average molecular weight is 272 g/mol. The van der Waals surface area contributed by atoms with Gasteiger partial charge in [-0.1, -0.05) is 36.2 Å². The Kier molecular flexibility index (Phi) is 4.42. The van der Waals surface area contributed by atoms with Gasteiger partial charge in [0.25, 0.3) is 0 Å². The second-order valence-corrected chi connectivity index (χ2v) is 6.66. The summed E-state index contributed by atoms with van der Waals surface area (Å²) in [7, 11) is 0. The maximum atomic E-state index is 3.71. The molecule has 1 heterocycles. The van der Waals surface area contributed by atoms with Crippen LogP contribution in [0.1, 0.15) is 56.2 Å². The smallest absolute Gasteiger partial charge is 0.0323 e. The third-order valence-corrected chi connectivity index (χ3v) is 4.88. The highest BCUT2D eigenvalue weighted by atomic mass is 15.2. The van der Waals surface area contributed by atoms with Crippen LogP contribution in [0.4, 0.5) is 0 Å². The molecule has 2 aliphatic rings. The summed E-state index contributed by atoms with van der Waals surface area (Å²) in [4.78, 5) is 2.75. The molecule has 1 saturated heterocycles. The molecule has 1 aromatic rings. The van der Waals surface area contributed by atoms with Gasteiger partial charge in [-0.3, -0.25) is 4.90 Å². The predicted octanol–water partition coefficient (Wildman–Crippen LogP) is 3.66. The largest absolute Gasteiger partial charge is 0.313 e. The third-order valence-electron chi connectivity index (χ3n) is 4.88. The first kappa shape index (κ1) is 14.1. The minimum absolute atomic E-state index is 0.547. The summed E-state index contributed by atoms with van der Waals surface area (Å²) in [5, 5.41) is 3.71. The van der Waals surface area contributed by atoms with Crippen LogP contribution in [-0.4, -0.2) is 30.1 Å². The zero-order valence-corrected chi connectivity index (χ0v) is 12.9. The minimum atomic E-state index is 0.547. The van der Waals surface area contributed by atoms with Gasteiger partial charge in [-0.2, -0.15) is 0 Å². The first-order chi connectivity index (χ1) is 9.74. The Morgan fingerprint density at radius 1 is 1.25 bits per heavy atom. The number of nitrogens with zero attached hydrogens (tertiary/aromatic N) is 1. The van der Waals surface area contributed by atoms with Crippen molar-refractivity contribution in [2.24, 2.45) is 0 Å². The summed E-state index contributed by atoms with van der Waals surface area (Å²) in [6.07, 6.45) is 6.89. The van der Waals surface area contributed by atoms with E-state index in [1.807, 2.05) is 0 Å². The van der Waals surface area contributed by atoms with Crippen LogP contribution in [0, 0.1) is 6.92 Å². The molecule has 1 aromatic carbocycles. The molecule has 0 bridgehead atoms. The van der Waals surface area contributed by atoms with Gasteiger partial charge in [0.05, 0.1) is 0 Å². The highest BCUT2D eigenvalue weighted by molar-refractivity contribution is 5.25. The quantitative estimate of drug-likeness (QED) is 0.880. The van der Waals surface area contributed by atoms with Gasteiger partial charge in [0.1, 0.15) is 0 Å². The lowest BCUT2D eigenvalue weighted by Crippen LogP contribution is -2.45. The Hall–Kier alpha value is -0.860. The summed E-state index contributed by atoms with van der Waals surface area (Å²) in [6, 6.07) is 11.1. The lowest BCUT2D eigenvalue weighted by atomic mass is 10.0. The van der Waals surface area contributed by atoms with E-state index in [0.29, 0.717) is 12.1 Å². The maximum absolute atomic E-state index is 3.71. The van der Waals surface area contributed by atoms with E-state index < -0.39 is 0 Å². The van der Waals surface area contributed by atoms with Crippen LogP contribution in [0.5, 0.6) is 0 Å². The fourth-order valence-corrected chi connectivity index (χ4v) is 3.49. The molecule has 1 aliphatic carbocycles. The number of benzene rings is 1. The number of hydrogen-bond acceptors (Lipinski definition) is 2. The molecule has 0 amide bonds. The van der Waals surface area contributed by atoms with E-state index in [1.54, 1.807) is 0 Å². The van der Waals surface area contributed by atoms with E-state index >= 15 is 0 Å². The molecule has 1 N–H and O–H groups in total.